The molecule has 0 radical (unpaired) electrons. The number of aromatic nitrogens is 3. The summed E-state index contributed by atoms with van der Waals surface area (Å²) in [5.74, 6) is 0.934. The molecule has 2 heterocycles. The summed E-state index contributed by atoms with van der Waals surface area (Å²) in [6.45, 7) is 3.87. The summed E-state index contributed by atoms with van der Waals surface area (Å²) < 4.78 is 50.0. The van der Waals surface area contributed by atoms with Crippen LogP contribution in [-0.2, 0) is 6.18 Å². The average molecular weight is 444 g/mol. The quantitative estimate of drug-likeness (QED) is 0.352. The molecule has 0 aliphatic rings. The summed E-state index contributed by atoms with van der Waals surface area (Å²) in [4.78, 5) is 5.09. The summed E-state index contributed by atoms with van der Waals surface area (Å²) in [6, 6.07) is 17.1. The molecular weight excluding hydrogens is 425 g/mol. The molecule has 0 atom stereocenters. The maximum Gasteiger partial charge on any atom is 0.435 e. The fraction of sp³-hybridized carbons (Fsp3) is 0.182. The van der Waals surface area contributed by atoms with Crippen LogP contribution in [0.2, 0.25) is 0 Å². The van der Waals surface area contributed by atoms with E-state index in [4.69, 9.17) is 4.74 Å². The van der Waals surface area contributed by atoms with Gasteiger partial charge in [0.2, 0.25) is 0 Å². The lowest BCUT2D eigenvalue weighted by atomic mass is 10.2. The zero-order valence-corrected chi connectivity index (χ0v) is 17.5. The Morgan fingerprint density at radius 2 is 1.81 bits per heavy atom. The molecule has 2 aromatic heterocycles. The van der Waals surface area contributed by atoms with E-state index in [1.54, 1.807) is 36.5 Å². The Kier molecular flexibility index (Phi) is 5.77. The number of nitrogens with zero attached hydrogens (tertiary/aromatic N) is 3. The summed E-state index contributed by atoms with van der Waals surface area (Å²) in [5.41, 5.74) is 0.199. The van der Waals surface area contributed by atoms with Crippen LogP contribution in [0.3, 0.4) is 0 Å². The van der Waals surface area contributed by atoms with Gasteiger partial charge in [-0.25, -0.2) is 4.68 Å². The molecule has 0 amide bonds. The van der Waals surface area contributed by atoms with Crippen molar-refractivity contribution in [3.05, 3.63) is 72.6 Å². The predicted molar refractivity (Wildman–Crippen MR) is 116 cm³/mol. The van der Waals surface area contributed by atoms with E-state index in [1.807, 2.05) is 38.1 Å². The van der Waals surface area contributed by atoms with Gasteiger partial charge >= 0.3 is 6.18 Å². The highest BCUT2D eigenvalue weighted by atomic mass is 32.2. The normalized spacial score (nSPS) is 11.8. The van der Waals surface area contributed by atoms with Crippen LogP contribution < -0.4 is 9.46 Å². The Hall–Kier alpha value is -3.20. The summed E-state index contributed by atoms with van der Waals surface area (Å²) >= 11 is 1.19. The Bertz CT molecular complexity index is 1180. The van der Waals surface area contributed by atoms with Gasteiger partial charge in [-0.2, -0.15) is 18.3 Å². The average Bonchev–Trinajstić information content (AvgIpc) is 3.17. The van der Waals surface area contributed by atoms with Crippen molar-refractivity contribution in [3.63, 3.8) is 0 Å². The number of anilines is 1. The van der Waals surface area contributed by atoms with Crippen molar-refractivity contribution in [2.45, 2.75) is 31.0 Å². The first kappa shape index (κ1) is 21.0. The number of rotatable bonds is 6. The molecule has 0 aliphatic heterocycles. The molecule has 0 fully saturated rings. The number of benzene rings is 2. The molecule has 9 heteroatoms. The third-order valence-corrected chi connectivity index (χ3v) is 5.14. The maximum absolute atomic E-state index is 13.4. The van der Waals surface area contributed by atoms with E-state index in [1.165, 1.54) is 16.6 Å². The van der Waals surface area contributed by atoms with E-state index in [9.17, 15) is 13.2 Å². The first-order chi connectivity index (χ1) is 14.8. The first-order valence-electron chi connectivity index (χ1n) is 9.52. The van der Waals surface area contributed by atoms with E-state index < -0.39 is 11.9 Å². The van der Waals surface area contributed by atoms with Crippen molar-refractivity contribution in [3.8, 4) is 11.4 Å². The second-order valence-electron chi connectivity index (χ2n) is 7.01. The zero-order chi connectivity index (χ0) is 22.0. The summed E-state index contributed by atoms with van der Waals surface area (Å²) in [5, 5.41) is 4.53. The van der Waals surface area contributed by atoms with Crippen LogP contribution in [0.25, 0.3) is 16.6 Å². The Morgan fingerprint density at radius 1 is 1.03 bits per heavy atom. The fourth-order valence-electron chi connectivity index (χ4n) is 3.02. The molecule has 5 nitrogen and oxygen atoms in total. The lowest BCUT2D eigenvalue weighted by Crippen LogP contribution is -2.08. The largest absolute Gasteiger partial charge is 0.491 e. The zero-order valence-electron chi connectivity index (χ0n) is 16.7. The molecule has 0 spiro atoms. The molecule has 0 aliphatic carbocycles. The molecule has 4 aromatic rings. The number of hydrogen-bond donors (Lipinski definition) is 1. The number of alkyl halides is 3. The van der Waals surface area contributed by atoms with E-state index in [2.05, 4.69) is 14.8 Å². The van der Waals surface area contributed by atoms with E-state index >= 15 is 0 Å². The van der Waals surface area contributed by atoms with Crippen LogP contribution in [0, 0.1) is 0 Å². The summed E-state index contributed by atoms with van der Waals surface area (Å²) in [6.07, 6.45) is -2.87. The number of ether oxygens (including phenoxy) is 1. The van der Waals surface area contributed by atoms with Gasteiger partial charge in [0.05, 0.1) is 17.3 Å². The van der Waals surface area contributed by atoms with Crippen molar-refractivity contribution < 1.29 is 17.9 Å². The molecule has 31 heavy (non-hydrogen) atoms. The first-order valence-corrected chi connectivity index (χ1v) is 10.3. The van der Waals surface area contributed by atoms with Gasteiger partial charge in [-0.3, -0.25) is 4.98 Å². The number of nitrogens with one attached hydrogen (secondary N) is 1. The Morgan fingerprint density at radius 3 is 2.52 bits per heavy atom. The molecule has 0 saturated heterocycles. The smallest absolute Gasteiger partial charge is 0.435 e. The minimum Gasteiger partial charge on any atom is -0.491 e. The van der Waals surface area contributed by atoms with E-state index in [0.29, 0.717) is 16.6 Å². The minimum atomic E-state index is -4.56. The van der Waals surface area contributed by atoms with Gasteiger partial charge in [-0.1, -0.05) is 6.07 Å². The monoisotopic (exact) mass is 444 g/mol. The van der Waals surface area contributed by atoms with Gasteiger partial charge in [0, 0.05) is 22.5 Å². The van der Waals surface area contributed by atoms with Gasteiger partial charge in [0.15, 0.2) is 5.69 Å². The highest BCUT2D eigenvalue weighted by Crippen LogP contribution is 2.34. The predicted octanol–water partition coefficient (Wildman–Crippen LogP) is 6.35. The SMILES string of the molecule is CC(C)Oc1ccc(SNc2cc(C(F)(F)F)nn2-c2cccc3ncccc23)cc1. The van der Waals surface area contributed by atoms with Crippen LogP contribution in [0.5, 0.6) is 5.75 Å². The standard InChI is InChI=1S/C22H19F3N4OS/c1-14(2)30-15-8-10-16(11-9-15)31-28-21-13-20(22(23,24)25)27-29(21)19-7-3-6-18-17(19)5-4-12-26-18/h3-14,28H,1-2H3. The van der Waals surface area contributed by atoms with Crippen molar-refractivity contribution in [2.24, 2.45) is 0 Å². The van der Waals surface area contributed by atoms with E-state index in [-0.39, 0.29) is 11.9 Å². The van der Waals surface area contributed by atoms with Crippen molar-refractivity contribution in [1.29, 1.82) is 0 Å². The molecule has 160 valence electrons. The van der Waals surface area contributed by atoms with Gasteiger partial charge in [-0.05, 0) is 74.3 Å². The Balaban J connectivity index is 1.66. The molecule has 1 N–H and O–H groups in total. The van der Waals surface area contributed by atoms with Crippen molar-refractivity contribution in [2.75, 3.05) is 4.72 Å². The molecule has 4 rings (SSSR count). The number of pyridine rings is 1. The lowest BCUT2D eigenvalue weighted by molar-refractivity contribution is -0.141. The minimum absolute atomic E-state index is 0.0574. The number of hydrogen-bond acceptors (Lipinski definition) is 5. The Labute approximate surface area is 181 Å². The lowest BCUT2D eigenvalue weighted by Gasteiger charge is -2.12. The molecule has 0 saturated carbocycles. The second-order valence-corrected chi connectivity index (χ2v) is 7.89. The fourth-order valence-corrected chi connectivity index (χ4v) is 3.66. The second kappa shape index (κ2) is 8.50. The number of fused-ring (bicyclic) bond motifs is 1. The van der Waals surface area contributed by atoms with Gasteiger partial charge < -0.3 is 9.46 Å². The topological polar surface area (TPSA) is 52.0 Å². The van der Waals surface area contributed by atoms with Crippen molar-refractivity contribution in [1.82, 2.24) is 14.8 Å². The third kappa shape index (κ3) is 4.77. The molecule has 2 aromatic carbocycles. The third-order valence-electron chi connectivity index (χ3n) is 4.32. The molecule has 0 unspecified atom stereocenters. The maximum atomic E-state index is 13.4. The van der Waals surface area contributed by atoms with Gasteiger partial charge in [-0.15, -0.1) is 0 Å². The van der Waals surface area contributed by atoms with E-state index in [0.717, 1.165) is 16.7 Å². The van der Waals surface area contributed by atoms with Gasteiger partial charge in [0.25, 0.3) is 0 Å². The highest BCUT2D eigenvalue weighted by molar-refractivity contribution is 8.00. The highest BCUT2D eigenvalue weighted by Gasteiger charge is 2.35. The van der Waals surface area contributed by atoms with Crippen LogP contribution in [0.4, 0.5) is 19.0 Å². The summed E-state index contributed by atoms with van der Waals surface area (Å²) in [7, 11) is 0. The van der Waals surface area contributed by atoms with Crippen LogP contribution in [0.1, 0.15) is 19.5 Å². The van der Waals surface area contributed by atoms with Crippen LogP contribution in [0.15, 0.2) is 71.8 Å². The van der Waals surface area contributed by atoms with Crippen LogP contribution >= 0.6 is 11.9 Å². The molecular formula is C22H19F3N4OS. The number of halogens is 3. The van der Waals surface area contributed by atoms with Crippen molar-refractivity contribution >= 4 is 28.7 Å². The van der Waals surface area contributed by atoms with Crippen LogP contribution in [-0.4, -0.2) is 20.9 Å². The van der Waals surface area contributed by atoms with Gasteiger partial charge in [0.1, 0.15) is 11.6 Å². The molecule has 0 bridgehead atoms.